The van der Waals surface area contributed by atoms with E-state index in [4.69, 9.17) is 22.5 Å². The van der Waals surface area contributed by atoms with Gasteiger partial charge in [-0.05, 0) is 30.0 Å². The number of halogens is 1. The molecule has 7 heteroatoms. The quantitative estimate of drug-likeness (QED) is 0.352. The summed E-state index contributed by atoms with van der Waals surface area (Å²) in [6.45, 7) is 1.84. The average Bonchev–Trinajstić information content (AvgIpc) is 2.78. The Kier molecular flexibility index (Phi) is 4.26. The van der Waals surface area contributed by atoms with E-state index in [2.05, 4.69) is 10.5 Å². The van der Waals surface area contributed by atoms with Gasteiger partial charge >= 0.3 is 0 Å². The van der Waals surface area contributed by atoms with Crippen LogP contribution < -0.4 is 11.1 Å². The maximum absolute atomic E-state index is 12.1. The van der Waals surface area contributed by atoms with Gasteiger partial charge in [-0.1, -0.05) is 28.9 Å². The zero-order valence-electron chi connectivity index (χ0n) is 10.6. The highest BCUT2D eigenvalue weighted by Crippen LogP contribution is 2.27. The molecule has 2 aromatic rings. The number of hydrogen-bond donors (Lipinski definition) is 3. The fourth-order valence-electron chi connectivity index (χ4n) is 1.58. The van der Waals surface area contributed by atoms with Gasteiger partial charge in [-0.25, -0.2) is 0 Å². The summed E-state index contributed by atoms with van der Waals surface area (Å²) in [5, 5.41) is 16.6. The van der Waals surface area contributed by atoms with Crippen molar-refractivity contribution in [3.05, 3.63) is 50.7 Å². The van der Waals surface area contributed by atoms with E-state index >= 15 is 0 Å². The number of carbonyl (C=O) groups excluding carboxylic acids is 1. The number of carbonyl (C=O) groups is 1. The molecule has 0 saturated heterocycles. The van der Waals surface area contributed by atoms with Crippen molar-refractivity contribution in [2.75, 3.05) is 5.32 Å². The Hall–Kier alpha value is -2.05. The second kappa shape index (κ2) is 5.94. The van der Waals surface area contributed by atoms with Crippen LogP contribution >= 0.6 is 22.9 Å². The van der Waals surface area contributed by atoms with E-state index in [1.807, 2.05) is 12.3 Å². The van der Waals surface area contributed by atoms with E-state index in [0.717, 1.165) is 5.56 Å². The highest BCUT2D eigenvalue weighted by molar-refractivity contribution is 7.13. The van der Waals surface area contributed by atoms with E-state index in [1.165, 1.54) is 11.3 Å². The third kappa shape index (κ3) is 2.92. The fraction of sp³-hybridized carbons (Fsp3) is 0.0769. The standard InChI is InChI=1S/C13H12ClN3O2S/c1-7-6-20-11(10(7)14)13(18)16-9-4-2-3-8(5-9)12(15)17-19/h2-6,19H,1H3,(H2,15,17)(H,16,18). The monoisotopic (exact) mass is 309 g/mol. The smallest absolute Gasteiger partial charge is 0.267 e. The van der Waals surface area contributed by atoms with Crippen LogP contribution in [-0.2, 0) is 0 Å². The first-order chi connectivity index (χ1) is 9.52. The Morgan fingerprint density at radius 2 is 2.25 bits per heavy atom. The van der Waals surface area contributed by atoms with Crippen LogP contribution in [0, 0.1) is 6.92 Å². The molecule has 1 heterocycles. The van der Waals surface area contributed by atoms with Crippen LogP contribution in [0.15, 0.2) is 34.8 Å². The first-order valence-electron chi connectivity index (χ1n) is 5.66. The van der Waals surface area contributed by atoms with Gasteiger partial charge in [-0.3, -0.25) is 4.79 Å². The van der Waals surface area contributed by atoms with Gasteiger partial charge in [0.05, 0.1) is 5.02 Å². The largest absolute Gasteiger partial charge is 0.409 e. The lowest BCUT2D eigenvalue weighted by atomic mass is 10.2. The lowest BCUT2D eigenvalue weighted by molar-refractivity contribution is 0.103. The summed E-state index contributed by atoms with van der Waals surface area (Å²) in [6, 6.07) is 6.69. The number of aryl methyl sites for hydroxylation is 1. The Bertz CT molecular complexity index is 682. The summed E-state index contributed by atoms with van der Waals surface area (Å²) in [7, 11) is 0. The van der Waals surface area contributed by atoms with Crippen molar-refractivity contribution in [3.8, 4) is 0 Å². The second-order valence-corrected chi connectivity index (χ2v) is 5.34. The fourth-order valence-corrected chi connectivity index (χ4v) is 2.76. The summed E-state index contributed by atoms with van der Waals surface area (Å²) in [6.07, 6.45) is 0. The highest BCUT2D eigenvalue weighted by Gasteiger charge is 2.15. The Labute approximate surface area is 124 Å². The van der Waals surface area contributed by atoms with Crippen LogP contribution in [-0.4, -0.2) is 17.0 Å². The van der Waals surface area contributed by atoms with Gasteiger partial charge in [0.25, 0.3) is 5.91 Å². The van der Waals surface area contributed by atoms with Gasteiger partial charge in [0.15, 0.2) is 5.84 Å². The Balaban J connectivity index is 2.22. The normalized spacial score (nSPS) is 11.4. The molecule has 0 atom stereocenters. The number of anilines is 1. The zero-order valence-corrected chi connectivity index (χ0v) is 12.1. The molecule has 2 rings (SSSR count). The molecule has 5 nitrogen and oxygen atoms in total. The van der Waals surface area contributed by atoms with E-state index in [1.54, 1.807) is 24.3 Å². The number of nitrogens with two attached hydrogens (primary N) is 1. The molecule has 0 fully saturated rings. The van der Waals surface area contributed by atoms with E-state index in [9.17, 15) is 4.79 Å². The number of rotatable bonds is 3. The van der Waals surface area contributed by atoms with Crippen LogP contribution in [0.3, 0.4) is 0 Å². The number of nitrogens with zero attached hydrogens (tertiary/aromatic N) is 1. The third-order valence-electron chi connectivity index (χ3n) is 2.63. The molecule has 0 radical (unpaired) electrons. The van der Waals surface area contributed by atoms with E-state index in [-0.39, 0.29) is 11.7 Å². The molecule has 104 valence electrons. The molecule has 0 bridgehead atoms. The molecule has 1 aromatic heterocycles. The average molecular weight is 310 g/mol. The molecule has 0 aliphatic heterocycles. The minimum absolute atomic E-state index is 0.0221. The van der Waals surface area contributed by atoms with Gasteiger partial charge in [0.1, 0.15) is 4.88 Å². The number of benzene rings is 1. The number of nitrogens with one attached hydrogen (secondary N) is 1. The van der Waals surface area contributed by atoms with Crippen LogP contribution in [0.1, 0.15) is 20.8 Å². The van der Waals surface area contributed by atoms with Gasteiger partial charge in [-0.15, -0.1) is 11.3 Å². The molecule has 1 aromatic carbocycles. The van der Waals surface area contributed by atoms with E-state index in [0.29, 0.717) is 21.2 Å². The van der Waals surface area contributed by atoms with Gasteiger partial charge in [0.2, 0.25) is 0 Å². The number of amides is 1. The maximum atomic E-state index is 12.1. The van der Waals surface area contributed by atoms with Crippen molar-refractivity contribution in [2.24, 2.45) is 10.9 Å². The van der Waals surface area contributed by atoms with Crippen LogP contribution in [0.25, 0.3) is 0 Å². The molecule has 1 amide bonds. The van der Waals surface area contributed by atoms with Gasteiger partial charge < -0.3 is 16.3 Å². The predicted molar refractivity (Wildman–Crippen MR) is 81.0 cm³/mol. The molecule has 0 spiro atoms. The summed E-state index contributed by atoms with van der Waals surface area (Å²) >= 11 is 7.34. The lowest BCUT2D eigenvalue weighted by Crippen LogP contribution is -2.15. The lowest BCUT2D eigenvalue weighted by Gasteiger charge is -2.06. The topological polar surface area (TPSA) is 87.7 Å². The molecule has 4 N–H and O–H groups in total. The summed E-state index contributed by atoms with van der Waals surface area (Å²) < 4.78 is 0. The minimum Gasteiger partial charge on any atom is -0.409 e. The number of hydrogen-bond acceptors (Lipinski definition) is 4. The minimum atomic E-state index is -0.287. The molecule has 0 saturated carbocycles. The molecular weight excluding hydrogens is 298 g/mol. The van der Waals surface area contributed by atoms with E-state index < -0.39 is 0 Å². The summed E-state index contributed by atoms with van der Waals surface area (Å²) in [4.78, 5) is 12.6. The van der Waals surface area contributed by atoms with Crippen molar-refractivity contribution in [1.29, 1.82) is 0 Å². The molecular formula is C13H12ClN3O2S. The Morgan fingerprint density at radius 1 is 1.50 bits per heavy atom. The molecule has 0 aliphatic rings. The van der Waals surface area contributed by atoms with Crippen LogP contribution in [0.4, 0.5) is 5.69 Å². The number of oxime groups is 1. The second-order valence-electron chi connectivity index (χ2n) is 4.08. The number of thiophene rings is 1. The third-order valence-corrected chi connectivity index (χ3v) is 4.33. The Morgan fingerprint density at radius 3 is 2.85 bits per heavy atom. The van der Waals surface area contributed by atoms with Crippen LogP contribution in [0.5, 0.6) is 0 Å². The summed E-state index contributed by atoms with van der Waals surface area (Å²) in [5.74, 6) is -0.309. The van der Waals surface area contributed by atoms with Gasteiger partial charge in [-0.2, -0.15) is 0 Å². The van der Waals surface area contributed by atoms with Crippen molar-refractivity contribution in [3.63, 3.8) is 0 Å². The molecule has 0 aliphatic carbocycles. The van der Waals surface area contributed by atoms with Crippen molar-refractivity contribution < 1.29 is 10.0 Å². The van der Waals surface area contributed by atoms with Crippen molar-refractivity contribution >= 4 is 40.4 Å². The first-order valence-corrected chi connectivity index (χ1v) is 6.91. The van der Waals surface area contributed by atoms with Crippen molar-refractivity contribution in [2.45, 2.75) is 6.92 Å². The maximum Gasteiger partial charge on any atom is 0.267 e. The molecule has 0 unspecified atom stereocenters. The van der Waals surface area contributed by atoms with Gasteiger partial charge in [0, 0.05) is 11.3 Å². The first kappa shape index (κ1) is 14.4. The molecule has 20 heavy (non-hydrogen) atoms. The highest BCUT2D eigenvalue weighted by atomic mass is 35.5. The zero-order chi connectivity index (χ0) is 14.7. The van der Waals surface area contributed by atoms with Crippen LogP contribution in [0.2, 0.25) is 5.02 Å². The number of amidine groups is 1. The predicted octanol–water partition coefficient (Wildman–Crippen LogP) is 3.06. The summed E-state index contributed by atoms with van der Waals surface area (Å²) in [5.41, 5.74) is 7.42. The van der Waals surface area contributed by atoms with Crippen molar-refractivity contribution in [1.82, 2.24) is 0 Å². The SMILES string of the molecule is Cc1csc(C(=O)Nc2cccc(/C(N)=N/O)c2)c1Cl.